The highest BCUT2D eigenvalue weighted by Crippen LogP contribution is 2.42. The quantitative estimate of drug-likeness (QED) is 0.779. The lowest BCUT2D eigenvalue weighted by Gasteiger charge is -2.42. The Hall–Kier alpha value is -0.570. The van der Waals surface area contributed by atoms with Gasteiger partial charge in [0.2, 0.25) is 0 Å². The molecule has 0 aromatic carbocycles. The van der Waals surface area contributed by atoms with Crippen LogP contribution in [0.3, 0.4) is 0 Å². The summed E-state index contributed by atoms with van der Waals surface area (Å²) in [6, 6.07) is 0. The summed E-state index contributed by atoms with van der Waals surface area (Å²) in [6.45, 7) is 6.29. The highest BCUT2D eigenvalue weighted by Gasteiger charge is 2.44. The molecule has 0 heterocycles. The molecule has 3 nitrogen and oxygen atoms in total. The van der Waals surface area contributed by atoms with Crippen molar-refractivity contribution >= 4 is 5.97 Å². The van der Waals surface area contributed by atoms with E-state index in [0.717, 1.165) is 19.3 Å². The van der Waals surface area contributed by atoms with Crippen LogP contribution in [0.5, 0.6) is 0 Å². The third-order valence-corrected chi connectivity index (χ3v) is 4.27. The summed E-state index contributed by atoms with van der Waals surface area (Å²) in [6.07, 6.45) is 4.77. The maximum Gasteiger partial charge on any atom is 0.309 e. The molecule has 1 aliphatic rings. The monoisotopic (exact) mass is 242 g/mol. The van der Waals surface area contributed by atoms with Gasteiger partial charge >= 0.3 is 5.97 Å². The van der Waals surface area contributed by atoms with Crippen molar-refractivity contribution in [2.24, 2.45) is 17.8 Å². The normalized spacial score (nSPS) is 31.5. The second-order valence-corrected chi connectivity index (χ2v) is 5.88. The molecule has 100 valence electrons. The van der Waals surface area contributed by atoms with Gasteiger partial charge in [0.25, 0.3) is 0 Å². The summed E-state index contributed by atoms with van der Waals surface area (Å²) in [5, 5.41) is 20.0. The van der Waals surface area contributed by atoms with Crippen LogP contribution >= 0.6 is 0 Å². The average Bonchev–Trinajstić information content (AvgIpc) is 2.25. The van der Waals surface area contributed by atoms with Crippen LogP contribution in [0.15, 0.2) is 0 Å². The molecule has 0 radical (unpaired) electrons. The third kappa shape index (κ3) is 3.44. The van der Waals surface area contributed by atoms with Crippen LogP contribution in [0, 0.1) is 17.8 Å². The number of rotatable bonds is 5. The van der Waals surface area contributed by atoms with Crippen LogP contribution < -0.4 is 0 Å². The Morgan fingerprint density at radius 1 is 1.47 bits per heavy atom. The van der Waals surface area contributed by atoms with Crippen molar-refractivity contribution in [1.82, 2.24) is 0 Å². The van der Waals surface area contributed by atoms with Gasteiger partial charge in [0.05, 0.1) is 11.5 Å². The van der Waals surface area contributed by atoms with E-state index < -0.39 is 17.5 Å². The zero-order valence-electron chi connectivity index (χ0n) is 11.3. The highest BCUT2D eigenvalue weighted by atomic mass is 16.4. The Labute approximate surface area is 104 Å². The topological polar surface area (TPSA) is 57.5 Å². The minimum atomic E-state index is -0.977. The van der Waals surface area contributed by atoms with Crippen LogP contribution in [0.25, 0.3) is 0 Å². The molecule has 0 aromatic rings. The Morgan fingerprint density at radius 2 is 2.12 bits per heavy atom. The van der Waals surface area contributed by atoms with E-state index in [-0.39, 0.29) is 0 Å². The van der Waals surface area contributed by atoms with Gasteiger partial charge in [-0.25, -0.2) is 0 Å². The second-order valence-electron chi connectivity index (χ2n) is 5.88. The number of carboxylic acid groups (broad SMARTS) is 1. The molecule has 1 rings (SSSR count). The Morgan fingerprint density at radius 3 is 2.59 bits per heavy atom. The maximum absolute atomic E-state index is 11.3. The van der Waals surface area contributed by atoms with Gasteiger partial charge in [0.15, 0.2) is 0 Å². The Balaban J connectivity index is 2.79. The molecule has 0 amide bonds. The summed E-state index contributed by atoms with van der Waals surface area (Å²) in [7, 11) is 0. The number of aliphatic carboxylic acids is 1. The van der Waals surface area contributed by atoms with Crippen molar-refractivity contribution in [3.8, 4) is 0 Å². The molecular formula is C14H26O3. The first-order chi connectivity index (χ1) is 7.90. The molecule has 3 heteroatoms. The van der Waals surface area contributed by atoms with Crippen molar-refractivity contribution in [2.45, 2.75) is 64.9 Å². The number of hydrogen-bond acceptors (Lipinski definition) is 2. The molecule has 0 spiro atoms. The van der Waals surface area contributed by atoms with Gasteiger partial charge in [-0.05, 0) is 37.5 Å². The lowest BCUT2D eigenvalue weighted by atomic mass is 9.67. The number of carbonyl (C=O) groups is 1. The molecule has 0 saturated heterocycles. The van der Waals surface area contributed by atoms with E-state index in [4.69, 9.17) is 0 Å². The summed E-state index contributed by atoms with van der Waals surface area (Å²) in [5.74, 6) is -0.432. The summed E-state index contributed by atoms with van der Waals surface area (Å²) < 4.78 is 0. The van der Waals surface area contributed by atoms with Crippen molar-refractivity contribution in [1.29, 1.82) is 0 Å². The Kier molecular flexibility index (Phi) is 4.99. The van der Waals surface area contributed by atoms with Gasteiger partial charge in [0, 0.05) is 0 Å². The fourth-order valence-corrected chi connectivity index (χ4v) is 3.12. The molecule has 1 fully saturated rings. The zero-order valence-corrected chi connectivity index (χ0v) is 11.3. The van der Waals surface area contributed by atoms with Crippen LogP contribution in [-0.2, 0) is 4.79 Å². The smallest absolute Gasteiger partial charge is 0.309 e. The molecule has 0 bridgehead atoms. The number of carboxylic acids is 1. The zero-order chi connectivity index (χ0) is 13.1. The molecular weight excluding hydrogens is 216 g/mol. The van der Waals surface area contributed by atoms with Crippen molar-refractivity contribution in [3.05, 3.63) is 0 Å². The summed E-state index contributed by atoms with van der Waals surface area (Å²) in [5.41, 5.74) is -0.977. The predicted octanol–water partition coefficient (Wildman–Crippen LogP) is 3.06. The lowest BCUT2D eigenvalue weighted by molar-refractivity contribution is -0.157. The van der Waals surface area contributed by atoms with Gasteiger partial charge in [-0.3, -0.25) is 4.79 Å². The fourth-order valence-electron chi connectivity index (χ4n) is 3.12. The second kappa shape index (κ2) is 5.85. The van der Waals surface area contributed by atoms with E-state index in [1.807, 2.05) is 6.92 Å². The Bertz CT molecular complexity index is 262. The van der Waals surface area contributed by atoms with Crippen molar-refractivity contribution < 1.29 is 15.0 Å². The molecule has 3 unspecified atom stereocenters. The van der Waals surface area contributed by atoms with E-state index >= 15 is 0 Å². The molecule has 1 aliphatic carbocycles. The molecule has 17 heavy (non-hydrogen) atoms. The standard InChI is InChI=1S/C14H26O3/c1-4-6-12(13(15)16)14(17)8-5-7-11(9-14)10(2)3/h10-12,17H,4-9H2,1-3H3,(H,15,16). The van der Waals surface area contributed by atoms with E-state index in [0.29, 0.717) is 31.1 Å². The van der Waals surface area contributed by atoms with Gasteiger partial charge in [-0.15, -0.1) is 0 Å². The van der Waals surface area contributed by atoms with Gasteiger partial charge < -0.3 is 10.2 Å². The lowest BCUT2D eigenvalue weighted by Crippen LogP contribution is -2.46. The largest absolute Gasteiger partial charge is 0.481 e. The minimum Gasteiger partial charge on any atom is -0.481 e. The van der Waals surface area contributed by atoms with Crippen LogP contribution in [0.1, 0.15) is 59.3 Å². The van der Waals surface area contributed by atoms with E-state index in [1.54, 1.807) is 0 Å². The number of aliphatic hydroxyl groups is 1. The maximum atomic E-state index is 11.3. The third-order valence-electron chi connectivity index (χ3n) is 4.27. The van der Waals surface area contributed by atoms with Crippen LogP contribution in [-0.4, -0.2) is 21.8 Å². The highest BCUT2D eigenvalue weighted by molar-refractivity contribution is 5.71. The molecule has 1 saturated carbocycles. The molecule has 0 aromatic heterocycles. The summed E-state index contributed by atoms with van der Waals surface area (Å²) >= 11 is 0. The SMILES string of the molecule is CCCC(C(=O)O)C1(O)CCCC(C(C)C)C1. The minimum absolute atomic E-state index is 0.465. The van der Waals surface area contributed by atoms with E-state index in [2.05, 4.69) is 13.8 Å². The van der Waals surface area contributed by atoms with Crippen LogP contribution in [0.4, 0.5) is 0 Å². The van der Waals surface area contributed by atoms with Crippen LogP contribution in [0.2, 0.25) is 0 Å². The average molecular weight is 242 g/mol. The molecule has 2 N–H and O–H groups in total. The first kappa shape index (κ1) is 14.5. The first-order valence-electron chi connectivity index (χ1n) is 6.86. The van der Waals surface area contributed by atoms with Gasteiger partial charge in [-0.1, -0.05) is 33.6 Å². The van der Waals surface area contributed by atoms with Gasteiger partial charge in [-0.2, -0.15) is 0 Å². The van der Waals surface area contributed by atoms with Crippen molar-refractivity contribution in [2.75, 3.05) is 0 Å². The first-order valence-corrected chi connectivity index (χ1v) is 6.86. The summed E-state index contributed by atoms with van der Waals surface area (Å²) in [4.78, 5) is 11.3. The molecule has 0 aliphatic heterocycles. The predicted molar refractivity (Wildman–Crippen MR) is 67.8 cm³/mol. The number of hydrogen-bond donors (Lipinski definition) is 2. The fraction of sp³-hybridized carbons (Fsp3) is 0.929. The van der Waals surface area contributed by atoms with Crippen molar-refractivity contribution in [3.63, 3.8) is 0 Å². The van der Waals surface area contributed by atoms with E-state index in [1.165, 1.54) is 0 Å². The van der Waals surface area contributed by atoms with Gasteiger partial charge in [0.1, 0.15) is 0 Å². The van der Waals surface area contributed by atoms with E-state index in [9.17, 15) is 15.0 Å². The molecule has 3 atom stereocenters.